The van der Waals surface area contributed by atoms with E-state index in [-0.39, 0.29) is 0 Å². The van der Waals surface area contributed by atoms with E-state index >= 15 is 0 Å². The van der Waals surface area contributed by atoms with Gasteiger partial charge in [-0.2, -0.15) is 0 Å². The summed E-state index contributed by atoms with van der Waals surface area (Å²) < 4.78 is 10.7. The summed E-state index contributed by atoms with van der Waals surface area (Å²) in [6.45, 7) is 0.459. The van der Waals surface area contributed by atoms with Crippen molar-refractivity contribution in [3.05, 3.63) is 17.7 Å². The zero-order valence-corrected chi connectivity index (χ0v) is 11.7. The summed E-state index contributed by atoms with van der Waals surface area (Å²) >= 11 is 0. The van der Waals surface area contributed by atoms with Crippen molar-refractivity contribution in [2.75, 3.05) is 46.8 Å². The predicted octanol–water partition coefficient (Wildman–Crippen LogP) is 1.02. The number of hydrogen-bond donors (Lipinski definition) is 2. The van der Waals surface area contributed by atoms with Crippen LogP contribution in [0.4, 0.5) is 5.69 Å². The van der Waals surface area contributed by atoms with Gasteiger partial charge in [0, 0.05) is 32.3 Å². The van der Waals surface area contributed by atoms with Crippen molar-refractivity contribution in [2.45, 2.75) is 6.10 Å². The molecule has 5 nitrogen and oxygen atoms in total. The molecule has 1 atom stereocenters. The van der Waals surface area contributed by atoms with Crippen LogP contribution in [0.15, 0.2) is 12.1 Å². The molecular weight excluding hydrogens is 232 g/mol. The van der Waals surface area contributed by atoms with Crippen molar-refractivity contribution in [2.24, 2.45) is 0 Å². The van der Waals surface area contributed by atoms with Gasteiger partial charge in [-0.25, -0.2) is 0 Å². The number of benzene rings is 1. The summed E-state index contributed by atoms with van der Waals surface area (Å²) in [6.07, 6.45) is -0.630. The first-order valence-corrected chi connectivity index (χ1v) is 5.81. The van der Waals surface area contributed by atoms with E-state index in [1.165, 1.54) is 0 Å². The van der Waals surface area contributed by atoms with Gasteiger partial charge in [-0.05, 0) is 13.1 Å². The fourth-order valence-corrected chi connectivity index (χ4v) is 1.82. The van der Waals surface area contributed by atoms with E-state index in [2.05, 4.69) is 5.32 Å². The highest BCUT2D eigenvalue weighted by molar-refractivity contribution is 5.63. The Kier molecular flexibility index (Phi) is 5.25. The van der Waals surface area contributed by atoms with Crippen LogP contribution in [-0.4, -0.2) is 47.0 Å². The standard InChI is InChI=1S/C13H22N2O3/c1-14-8-11(16)9-6-13(18-5)10(15(2)3)7-12(9)17-4/h6-7,11,14,16H,8H2,1-5H3. The third-order valence-electron chi connectivity index (χ3n) is 2.77. The largest absolute Gasteiger partial charge is 0.496 e. The summed E-state index contributed by atoms with van der Waals surface area (Å²) in [4.78, 5) is 1.94. The van der Waals surface area contributed by atoms with E-state index in [0.29, 0.717) is 23.6 Å². The van der Waals surface area contributed by atoms with Gasteiger partial charge in [0.05, 0.1) is 26.0 Å². The lowest BCUT2D eigenvalue weighted by atomic mass is 10.1. The number of hydrogen-bond acceptors (Lipinski definition) is 5. The zero-order valence-electron chi connectivity index (χ0n) is 11.7. The van der Waals surface area contributed by atoms with E-state index in [0.717, 1.165) is 5.69 Å². The van der Waals surface area contributed by atoms with Crippen LogP contribution in [0.5, 0.6) is 11.5 Å². The van der Waals surface area contributed by atoms with Crippen molar-refractivity contribution in [3.8, 4) is 11.5 Å². The molecule has 0 amide bonds. The second-order valence-electron chi connectivity index (χ2n) is 4.23. The van der Waals surface area contributed by atoms with Crippen molar-refractivity contribution >= 4 is 5.69 Å². The molecule has 1 aromatic carbocycles. The summed E-state index contributed by atoms with van der Waals surface area (Å²) in [5.41, 5.74) is 1.63. The summed E-state index contributed by atoms with van der Waals surface area (Å²) in [5.74, 6) is 1.37. The fraction of sp³-hybridized carbons (Fsp3) is 0.538. The maximum atomic E-state index is 10.1. The Morgan fingerprint density at radius 2 is 1.83 bits per heavy atom. The number of rotatable bonds is 6. The van der Waals surface area contributed by atoms with Crippen molar-refractivity contribution in [1.82, 2.24) is 5.32 Å². The third-order valence-corrected chi connectivity index (χ3v) is 2.77. The van der Waals surface area contributed by atoms with Crippen LogP contribution in [0, 0.1) is 0 Å². The monoisotopic (exact) mass is 254 g/mol. The molecule has 0 aliphatic rings. The van der Waals surface area contributed by atoms with Crippen molar-refractivity contribution in [3.63, 3.8) is 0 Å². The molecule has 5 heteroatoms. The molecule has 102 valence electrons. The lowest BCUT2D eigenvalue weighted by Crippen LogP contribution is -2.18. The molecule has 0 bridgehead atoms. The van der Waals surface area contributed by atoms with E-state index in [4.69, 9.17) is 9.47 Å². The molecule has 0 aliphatic heterocycles. The second kappa shape index (κ2) is 6.47. The SMILES string of the molecule is CNCC(O)c1cc(OC)c(N(C)C)cc1OC. The van der Waals surface area contributed by atoms with Crippen LogP contribution in [0.2, 0.25) is 0 Å². The molecule has 0 radical (unpaired) electrons. The average Bonchev–Trinajstić information content (AvgIpc) is 2.37. The Balaban J connectivity index is 3.25. The van der Waals surface area contributed by atoms with Gasteiger partial charge in [0.1, 0.15) is 11.5 Å². The first kappa shape index (κ1) is 14.6. The first-order valence-electron chi connectivity index (χ1n) is 5.81. The minimum absolute atomic E-state index is 0.459. The van der Waals surface area contributed by atoms with Gasteiger partial charge in [-0.3, -0.25) is 0 Å². The summed E-state index contributed by atoms with van der Waals surface area (Å²) in [6, 6.07) is 3.68. The minimum atomic E-state index is -0.630. The summed E-state index contributed by atoms with van der Waals surface area (Å²) in [5, 5.41) is 13.0. The minimum Gasteiger partial charge on any atom is -0.496 e. The lowest BCUT2D eigenvalue weighted by Gasteiger charge is -2.21. The number of methoxy groups -OCH3 is 2. The van der Waals surface area contributed by atoms with Gasteiger partial charge in [-0.15, -0.1) is 0 Å². The molecule has 1 unspecified atom stereocenters. The third kappa shape index (κ3) is 3.05. The molecule has 2 N–H and O–H groups in total. The van der Waals surface area contributed by atoms with Crippen LogP contribution in [0.25, 0.3) is 0 Å². The number of anilines is 1. The normalized spacial score (nSPS) is 12.1. The molecule has 0 saturated heterocycles. The number of ether oxygens (including phenoxy) is 2. The topological polar surface area (TPSA) is 54.0 Å². The Morgan fingerprint density at radius 3 is 2.28 bits per heavy atom. The molecule has 0 aromatic heterocycles. The molecule has 0 spiro atoms. The summed E-state index contributed by atoms with van der Waals surface area (Å²) in [7, 11) is 8.86. The Morgan fingerprint density at radius 1 is 1.22 bits per heavy atom. The second-order valence-corrected chi connectivity index (χ2v) is 4.23. The van der Waals surface area contributed by atoms with Gasteiger partial charge in [-0.1, -0.05) is 0 Å². The lowest BCUT2D eigenvalue weighted by molar-refractivity contribution is 0.173. The van der Waals surface area contributed by atoms with Crippen molar-refractivity contribution in [1.29, 1.82) is 0 Å². The molecule has 18 heavy (non-hydrogen) atoms. The molecule has 0 aliphatic carbocycles. The maximum absolute atomic E-state index is 10.1. The van der Waals surface area contributed by atoms with Gasteiger partial charge in [0.15, 0.2) is 0 Å². The van der Waals surface area contributed by atoms with E-state index < -0.39 is 6.10 Å². The van der Waals surface area contributed by atoms with Crippen LogP contribution >= 0.6 is 0 Å². The number of nitrogens with zero attached hydrogens (tertiary/aromatic N) is 1. The van der Waals surface area contributed by atoms with Gasteiger partial charge >= 0.3 is 0 Å². The highest BCUT2D eigenvalue weighted by atomic mass is 16.5. The average molecular weight is 254 g/mol. The predicted molar refractivity (Wildman–Crippen MR) is 72.8 cm³/mol. The Labute approximate surface area is 108 Å². The van der Waals surface area contributed by atoms with Gasteiger partial charge in [0.25, 0.3) is 0 Å². The number of nitrogens with one attached hydrogen (secondary N) is 1. The van der Waals surface area contributed by atoms with Gasteiger partial charge in [0.2, 0.25) is 0 Å². The quantitative estimate of drug-likeness (QED) is 0.794. The molecule has 1 rings (SSSR count). The Hall–Kier alpha value is -1.46. The molecule has 0 saturated carbocycles. The fourth-order valence-electron chi connectivity index (χ4n) is 1.82. The van der Waals surface area contributed by atoms with E-state index in [1.54, 1.807) is 21.3 Å². The highest BCUT2D eigenvalue weighted by Gasteiger charge is 2.17. The maximum Gasteiger partial charge on any atom is 0.142 e. The molecule has 0 heterocycles. The number of aliphatic hydroxyl groups is 1. The number of likely N-dealkylation sites (N-methyl/N-ethyl adjacent to an activating group) is 1. The van der Waals surface area contributed by atoms with Crippen LogP contribution in [0.3, 0.4) is 0 Å². The van der Waals surface area contributed by atoms with Crippen molar-refractivity contribution < 1.29 is 14.6 Å². The zero-order chi connectivity index (χ0) is 13.7. The molecular formula is C13H22N2O3. The first-order chi connectivity index (χ1) is 8.54. The molecule has 1 aromatic rings. The van der Waals surface area contributed by atoms with E-state index in [1.807, 2.05) is 31.1 Å². The van der Waals surface area contributed by atoms with Crippen LogP contribution in [-0.2, 0) is 0 Å². The van der Waals surface area contributed by atoms with E-state index in [9.17, 15) is 5.11 Å². The van der Waals surface area contributed by atoms with Crippen LogP contribution < -0.4 is 19.7 Å². The Bertz CT molecular complexity index is 394. The van der Waals surface area contributed by atoms with Crippen LogP contribution in [0.1, 0.15) is 11.7 Å². The molecule has 0 fully saturated rings. The number of aliphatic hydroxyl groups excluding tert-OH is 1. The highest BCUT2D eigenvalue weighted by Crippen LogP contribution is 2.37. The smallest absolute Gasteiger partial charge is 0.142 e. The van der Waals surface area contributed by atoms with Gasteiger partial charge < -0.3 is 24.8 Å².